The average Bonchev–Trinajstić information content (AvgIpc) is 3.37. The summed E-state index contributed by atoms with van der Waals surface area (Å²) in [7, 11) is 0. The summed E-state index contributed by atoms with van der Waals surface area (Å²) < 4.78 is 27.8. The molecule has 0 heterocycles. The van der Waals surface area contributed by atoms with E-state index in [0.717, 1.165) is 18.9 Å². The van der Waals surface area contributed by atoms with E-state index in [1.165, 1.54) is 35.2 Å². The minimum atomic E-state index is -1.10. The Morgan fingerprint density at radius 2 is 1.80 bits per heavy atom. The third-order valence-electron chi connectivity index (χ3n) is 4.25. The van der Waals surface area contributed by atoms with Gasteiger partial charge in [0.05, 0.1) is 0 Å². The predicted molar refractivity (Wildman–Crippen MR) is 88.2 cm³/mol. The number of benzene rings is 2. The molecule has 4 nitrogen and oxygen atoms in total. The summed E-state index contributed by atoms with van der Waals surface area (Å²) in [6, 6.07) is 8.02. The Labute approximate surface area is 143 Å². The fourth-order valence-corrected chi connectivity index (χ4v) is 2.86. The number of hydrogen-bond acceptors (Lipinski definition) is 2. The van der Waals surface area contributed by atoms with Crippen molar-refractivity contribution >= 4 is 11.9 Å². The van der Waals surface area contributed by atoms with E-state index in [-0.39, 0.29) is 17.2 Å². The van der Waals surface area contributed by atoms with E-state index in [2.05, 4.69) is 0 Å². The van der Waals surface area contributed by atoms with Gasteiger partial charge in [0.15, 0.2) is 0 Å². The molecule has 2 aromatic carbocycles. The highest BCUT2D eigenvalue weighted by Crippen LogP contribution is 2.30. The summed E-state index contributed by atoms with van der Waals surface area (Å²) >= 11 is 0. The normalized spacial score (nSPS) is 13.6. The molecule has 1 aliphatic rings. The van der Waals surface area contributed by atoms with Crippen LogP contribution in [0.3, 0.4) is 0 Å². The van der Waals surface area contributed by atoms with Gasteiger partial charge in [-0.2, -0.15) is 0 Å². The first-order valence-electron chi connectivity index (χ1n) is 7.95. The third kappa shape index (κ3) is 3.68. The van der Waals surface area contributed by atoms with E-state index in [4.69, 9.17) is 5.11 Å². The fourth-order valence-electron chi connectivity index (χ4n) is 2.86. The molecule has 1 amide bonds. The molecule has 0 radical (unpaired) electrons. The molecule has 6 heteroatoms. The Kier molecular flexibility index (Phi) is 4.53. The van der Waals surface area contributed by atoms with Crippen molar-refractivity contribution in [3.05, 3.63) is 59.2 Å². The van der Waals surface area contributed by atoms with Crippen molar-refractivity contribution in [2.24, 2.45) is 0 Å². The highest BCUT2D eigenvalue weighted by Gasteiger charge is 2.34. The van der Waals surface area contributed by atoms with Gasteiger partial charge in [-0.05, 0) is 55.2 Å². The first-order valence-corrected chi connectivity index (χ1v) is 7.95. The van der Waals surface area contributed by atoms with Gasteiger partial charge in [0.1, 0.15) is 18.2 Å². The first kappa shape index (κ1) is 17.1. The number of halogens is 2. The first-order chi connectivity index (χ1) is 11.9. The van der Waals surface area contributed by atoms with Crippen molar-refractivity contribution in [3.63, 3.8) is 0 Å². The lowest BCUT2D eigenvalue weighted by Gasteiger charge is -2.20. The number of nitrogens with zero attached hydrogens (tertiary/aromatic N) is 1. The van der Waals surface area contributed by atoms with Crippen molar-refractivity contribution in [3.8, 4) is 11.1 Å². The number of aryl methyl sites for hydroxylation is 1. The van der Waals surface area contributed by atoms with Gasteiger partial charge in [-0.1, -0.05) is 12.1 Å². The molecule has 1 N–H and O–H groups in total. The van der Waals surface area contributed by atoms with Crippen LogP contribution in [0.15, 0.2) is 36.4 Å². The van der Waals surface area contributed by atoms with Gasteiger partial charge < -0.3 is 10.0 Å². The Morgan fingerprint density at radius 1 is 1.12 bits per heavy atom. The smallest absolute Gasteiger partial charge is 0.323 e. The van der Waals surface area contributed by atoms with Crippen LogP contribution in [0.25, 0.3) is 11.1 Å². The lowest BCUT2D eigenvalue weighted by atomic mass is 9.98. The monoisotopic (exact) mass is 345 g/mol. The van der Waals surface area contributed by atoms with Crippen LogP contribution in [-0.4, -0.2) is 34.5 Å². The summed E-state index contributed by atoms with van der Waals surface area (Å²) in [4.78, 5) is 24.7. The fraction of sp³-hybridized carbons (Fsp3) is 0.263. The lowest BCUT2D eigenvalue weighted by molar-refractivity contribution is -0.137. The quantitative estimate of drug-likeness (QED) is 0.900. The van der Waals surface area contributed by atoms with Crippen LogP contribution >= 0.6 is 0 Å². The van der Waals surface area contributed by atoms with Crippen LogP contribution in [0.4, 0.5) is 8.78 Å². The maximum Gasteiger partial charge on any atom is 0.323 e. The Morgan fingerprint density at radius 3 is 2.36 bits per heavy atom. The minimum absolute atomic E-state index is 0.0920. The zero-order chi connectivity index (χ0) is 18.1. The summed E-state index contributed by atoms with van der Waals surface area (Å²) in [5, 5.41) is 8.96. The molecule has 3 rings (SSSR count). The zero-order valence-electron chi connectivity index (χ0n) is 13.6. The van der Waals surface area contributed by atoms with E-state index in [0.29, 0.717) is 11.1 Å². The van der Waals surface area contributed by atoms with Crippen LogP contribution in [0.2, 0.25) is 0 Å². The molecule has 0 aliphatic heterocycles. The van der Waals surface area contributed by atoms with Crippen molar-refractivity contribution in [2.45, 2.75) is 25.8 Å². The molecule has 0 aromatic heterocycles. The molecular weight excluding hydrogens is 328 g/mol. The largest absolute Gasteiger partial charge is 0.480 e. The number of carbonyl (C=O) groups is 2. The van der Waals surface area contributed by atoms with Crippen LogP contribution in [-0.2, 0) is 4.79 Å². The van der Waals surface area contributed by atoms with Gasteiger partial charge in [0, 0.05) is 17.2 Å². The van der Waals surface area contributed by atoms with Gasteiger partial charge in [0.2, 0.25) is 0 Å². The second-order valence-corrected chi connectivity index (χ2v) is 6.21. The highest BCUT2D eigenvalue weighted by atomic mass is 19.1. The average molecular weight is 345 g/mol. The van der Waals surface area contributed by atoms with Crippen LogP contribution < -0.4 is 0 Å². The summed E-state index contributed by atoms with van der Waals surface area (Å²) in [5.41, 5.74) is 1.50. The topological polar surface area (TPSA) is 57.6 Å². The number of hydrogen-bond donors (Lipinski definition) is 1. The number of carbonyl (C=O) groups excluding carboxylic acids is 1. The maximum absolute atomic E-state index is 14.5. The van der Waals surface area contributed by atoms with E-state index in [1.807, 2.05) is 0 Å². The summed E-state index contributed by atoms with van der Waals surface area (Å²) in [6.07, 6.45) is 1.52. The van der Waals surface area contributed by atoms with Gasteiger partial charge in [-0.15, -0.1) is 0 Å². The molecule has 130 valence electrons. The van der Waals surface area contributed by atoms with Crippen molar-refractivity contribution in [2.75, 3.05) is 6.54 Å². The van der Waals surface area contributed by atoms with Gasteiger partial charge >= 0.3 is 5.97 Å². The Hall–Kier alpha value is -2.76. The van der Waals surface area contributed by atoms with Crippen LogP contribution in [0.5, 0.6) is 0 Å². The zero-order valence-corrected chi connectivity index (χ0v) is 13.6. The minimum Gasteiger partial charge on any atom is -0.480 e. The van der Waals surface area contributed by atoms with Crippen molar-refractivity contribution in [1.29, 1.82) is 0 Å². The molecule has 1 fully saturated rings. The number of carboxylic acid groups (broad SMARTS) is 1. The molecule has 0 saturated heterocycles. The second kappa shape index (κ2) is 6.63. The SMILES string of the molecule is Cc1cc(F)ccc1-c1ccc(C(=O)N(CC(=O)O)C2CC2)cc1F. The van der Waals surface area contributed by atoms with E-state index in [1.54, 1.807) is 6.92 Å². The van der Waals surface area contributed by atoms with Gasteiger partial charge in [0.25, 0.3) is 5.91 Å². The standard InChI is InChI=1S/C19H17F2NO3/c1-11-8-13(20)3-7-15(11)16-6-2-12(9-17(16)21)19(25)22(10-18(23)24)14-4-5-14/h2-3,6-9,14H,4-5,10H2,1H3,(H,23,24). The van der Waals surface area contributed by atoms with Gasteiger partial charge in [-0.3, -0.25) is 9.59 Å². The molecule has 0 unspecified atom stereocenters. The predicted octanol–water partition coefficient (Wildman–Crippen LogP) is 3.63. The number of rotatable bonds is 5. The molecular formula is C19H17F2NO3. The van der Waals surface area contributed by atoms with Crippen LogP contribution in [0, 0.1) is 18.6 Å². The third-order valence-corrected chi connectivity index (χ3v) is 4.25. The summed E-state index contributed by atoms with van der Waals surface area (Å²) in [5.74, 6) is -2.60. The highest BCUT2D eigenvalue weighted by molar-refractivity contribution is 5.96. The molecule has 1 aliphatic carbocycles. The van der Waals surface area contributed by atoms with Gasteiger partial charge in [-0.25, -0.2) is 8.78 Å². The molecule has 2 aromatic rings. The van der Waals surface area contributed by atoms with Crippen LogP contribution in [0.1, 0.15) is 28.8 Å². The van der Waals surface area contributed by atoms with E-state index in [9.17, 15) is 18.4 Å². The van der Waals surface area contributed by atoms with Crippen molar-refractivity contribution < 1.29 is 23.5 Å². The molecule has 0 spiro atoms. The molecule has 0 atom stereocenters. The maximum atomic E-state index is 14.5. The lowest BCUT2D eigenvalue weighted by Crippen LogP contribution is -2.37. The number of carboxylic acids is 1. The van der Waals surface area contributed by atoms with E-state index >= 15 is 0 Å². The number of aliphatic carboxylic acids is 1. The second-order valence-electron chi connectivity index (χ2n) is 6.21. The summed E-state index contributed by atoms with van der Waals surface area (Å²) in [6.45, 7) is 1.28. The molecule has 25 heavy (non-hydrogen) atoms. The molecule has 1 saturated carbocycles. The number of amides is 1. The molecule has 0 bridgehead atoms. The van der Waals surface area contributed by atoms with E-state index < -0.39 is 30.1 Å². The van der Waals surface area contributed by atoms with Crippen molar-refractivity contribution in [1.82, 2.24) is 4.90 Å². The Balaban J connectivity index is 1.91. The Bertz CT molecular complexity index is 847.